The lowest BCUT2D eigenvalue weighted by molar-refractivity contribution is 0.0281. The van der Waals surface area contributed by atoms with Crippen molar-refractivity contribution in [2.24, 2.45) is 5.92 Å². The van der Waals surface area contributed by atoms with Gasteiger partial charge >= 0.3 is 6.09 Å². The molecule has 4 rings (SSSR count). The first kappa shape index (κ1) is 23.3. The monoisotopic (exact) mass is 468 g/mol. The molecule has 3 fully saturated rings. The summed E-state index contributed by atoms with van der Waals surface area (Å²) in [5.41, 5.74) is -0.229. The van der Waals surface area contributed by atoms with Gasteiger partial charge < -0.3 is 14.4 Å². The predicted molar refractivity (Wildman–Crippen MR) is 118 cm³/mol. The van der Waals surface area contributed by atoms with E-state index in [0.29, 0.717) is 31.7 Å². The number of nitrogens with zero attached hydrogens (tertiary/aromatic N) is 2. The highest BCUT2D eigenvalue weighted by Gasteiger charge is 2.43. The Hall–Kier alpha value is -1.87. The highest BCUT2D eigenvalue weighted by atomic mass is 32.2. The molecule has 2 saturated carbocycles. The number of carbonyl (C=O) groups excluding carboxylic acids is 1. The maximum absolute atomic E-state index is 14.2. The summed E-state index contributed by atoms with van der Waals surface area (Å²) in [4.78, 5) is 16.5. The molecule has 0 radical (unpaired) electrons. The van der Waals surface area contributed by atoms with Crippen LogP contribution in [0.25, 0.3) is 0 Å². The van der Waals surface area contributed by atoms with Crippen LogP contribution in [0.3, 0.4) is 0 Å². The van der Waals surface area contributed by atoms with Gasteiger partial charge in [0.25, 0.3) is 0 Å². The Morgan fingerprint density at radius 1 is 1.12 bits per heavy atom. The number of rotatable bonds is 6. The van der Waals surface area contributed by atoms with Gasteiger partial charge in [-0.05, 0) is 69.6 Å². The smallest absolute Gasteiger partial charge is 0.410 e. The molecule has 178 valence electrons. The molecule has 1 amide bonds. The Labute approximate surface area is 189 Å². The normalized spacial score (nSPS) is 25.9. The molecule has 0 unspecified atom stereocenters. The largest absolute Gasteiger partial charge is 0.490 e. The second-order valence-corrected chi connectivity index (χ2v) is 11.7. The Balaban J connectivity index is 1.18. The zero-order valence-electron chi connectivity index (χ0n) is 18.9. The van der Waals surface area contributed by atoms with E-state index >= 15 is 0 Å². The molecule has 1 saturated heterocycles. The fourth-order valence-electron chi connectivity index (χ4n) is 4.54. The number of carbonyl (C=O) groups is 1. The molecule has 1 aliphatic heterocycles. The third kappa shape index (κ3) is 5.73. The van der Waals surface area contributed by atoms with Crippen molar-refractivity contribution in [3.05, 3.63) is 24.0 Å². The van der Waals surface area contributed by atoms with Gasteiger partial charge in [-0.3, -0.25) is 4.90 Å². The fraction of sp³-hybridized carbons (Fsp3) is 0.696. The number of ether oxygens (including phenoxy) is 2. The van der Waals surface area contributed by atoms with Crippen molar-refractivity contribution < 1.29 is 27.1 Å². The van der Waals surface area contributed by atoms with Crippen LogP contribution in [0.15, 0.2) is 23.1 Å². The van der Waals surface area contributed by atoms with Gasteiger partial charge in [-0.15, -0.1) is 0 Å². The minimum absolute atomic E-state index is 0.0436. The summed E-state index contributed by atoms with van der Waals surface area (Å²) in [6.07, 6.45) is 6.94. The van der Waals surface area contributed by atoms with Crippen LogP contribution < -0.4 is 4.74 Å². The summed E-state index contributed by atoms with van der Waals surface area (Å²) in [5, 5.41) is 0. The summed E-state index contributed by atoms with van der Waals surface area (Å²) < 4.78 is 48.5. The molecule has 3 aliphatic rings. The number of amides is 1. The summed E-state index contributed by atoms with van der Waals surface area (Å²) >= 11 is 0. The van der Waals surface area contributed by atoms with Gasteiger partial charge in [0.05, 0.1) is 11.5 Å². The first-order valence-corrected chi connectivity index (χ1v) is 13.4. The van der Waals surface area contributed by atoms with Crippen molar-refractivity contribution in [2.75, 3.05) is 39.0 Å². The Bertz CT molecular complexity index is 934. The second-order valence-electron chi connectivity index (χ2n) is 9.69. The average Bonchev–Trinajstić information content (AvgIpc) is 3.49. The molecule has 1 heterocycles. The van der Waals surface area contributed by atoms with Gasteiger partial charge in [-0.2, -0.15) is 0 Å². The third-order valence-corrected chi connectivity index (χ3v) is 8.11. The molecule has 1 aromatic carbocycles. The molecule has 0 atom stereocenters. The number of hydrogen-bond donors (Lipinski definition) is 0. The number of benzene rings is 1. The summed E-state index contributed by atoms with van der Waals surface area (Å²) in [6, 6.07) is 4.30. The summed E-state index contributed by atoms with van der Waals surface area (Å²) in [7, 11) is -3.44. The highest BCUT2D eigenvalue weighted by Crippen LogP contribution is 2.39. The molecule has 1 aromatic rings. The minimum Gasteiger partial charge on any atom is -0.490 e. The van der Waals surface area contributed by atoms with E-state index in [9.17, 15) is 17.6 Å². The summed E-state index contributed by atoms with van der Waals surface area (Å²) in [6.45, 7) is 5.58. The maximum Gasteiger partial charge on any atom is 0.410 e. The molecular formula is C23H33FN2O5S. The average molecular weight is 469 g/mol. The van der Waals surface area contributed by atoms with Crippen LogP contribution >= 0.6 is 0 Å². The van der Waals surface area contributed by atoms with Crippen LogP contribution in [-0.2, 0) is 14.6 Å². The topological polar surface area (TPSA) is 76.2 Å². The number of sulfone groups is 1. The molecular weight excluding hydrogens is 435 g/mol. The van der Waals surface area contributed by atoms with Crippen molar-refractivity contribution in [3.8, 4) is 5.75 Å². The van der Waals surface area contributed by atoms with Crippen LogP contribution in [0.4, 0.5) is 9.18 Å². The zero-order valence-corrected chi connectivity index (χ0v) is 19.7. The molecule has 2 aliphatic carbocycles. The van der Waals surface area contributed by atoms with Crippen LogP contribution in [0.2, 0.25) is 0 Å². The van der Waals surface area contributed by atoms with Gasteiger partial charge in [-0.25, -0.2) is 17.6 Å². The molecule has 0 N–H and O–H groups in total. The minimum atomic E-state index is -3.44. The molecule has 0 spiro atoms. The summed E-state index contributed by atoms with van der Waals surface area (Å²) in [5.74, 6) is -0.188. The van der Waals surface area contributed by atoms with Crippen LogP contribution in [0.1, 0.15) is 45.4 Å². The first-order chi connectivity index (χ1) is 15.1. The fourth-order valence-corrected chi connectivity index (χ4v) is 5.17. The lowest BCUT2D eigenvalue weighted by Crippen LogP contribution is -2.53. The SMILES string of the molecule is CC1(OC(=O)N2CCN([C@H]3CC[C@H](COc4ccc(S(C)(=O)=O)cc4F)CC3)CC2)CC1. The van der Waals surface area contributed by atoms with E-state index in [1.165, 1.54) is 12.1 Å². The highest BCUT2D eigenvalue weighted by molar-refractivity contribution is 7.90. The van der Waals surface area contributed by atoms with Gasteiger partial charge in [0.2, 0.25) is 0 Å². The van der Waals surface area contributed by atoms with Gasteiger partial charge in [0.1, 0.15) is 5.60 Å². The Kier molecular flexibility index (Phi) is 6.68. The van der Waals surface area contributed by atoms with E-state index in [0.717, 1.165) is 63.9 Å². The van der Waals surface area contributed by atoms with Crippen molar-refractivity contribution >= 4 is 15.9 Å². The lowest BCUT2D eigenvalue weighted by atomic mass is 9.85. The quantitative estimate of drug-likeness (QED) is 0.636. The Morgan fingerprint density at radius 3 is 2.34 bits per heavy atom. The molecule has 0 bridgehead atoms. The van der Waals surface area contributed by atoms with Crippen molar-refractivity contribution in [3.63, 3.8) is 0 Å². The number of piperazine rings is 1. The number of halogens is 1. The van der Waals surface area contributed by atoms with E-state index in [1.54, 1.807) is 0 Å². The second kappa shape index (κ2) is 9.17. The van der Waals surface area contributed by atoms with E-state index < -0.39 is 15.7 Å². The predicted octanol–water partition coefficient (Wildman–Crippen LogP) is 3.47. The van der Waals surface area contributed by atoms with Crippen molar-refractivity contribution in [2.45, 2.75) is 62.0 Å². The van der Waals surface area contributed by atoms with Gasteiger partial charge in [-0.1, -0.05) is 0 Å². The number of hydrogen-bond acceptors (Lipinski definition) is 6. The van der Waals surface area contributed by atoms with Gasteiger partial charge in [0, 0.05) is 38.5 Å². The van der Waals surface area contributed by atoms with Crippen LogP contribution in [0, 0.1) is 11.7 Å². The van der Waals surface area contributed by atoms with E-state index in [1.807, 2.05) is 11.8 Å². The Morgan fingerprint density at radius 2 is 1.78 bits per heavy atom. The standard InChI is InChI=1S/C23H33FN2O5S/c1-23(9-10-23)31-22(27)26-13-11-25(12-14-26)18-5-3-17(4-6-18)16-30-21-8-7-19(15-20(21)24)32(2,28)29/h7-8,15,17-18H,3-6,9-14,16H2,1-2H3/t17-,18-. The van der Waals surface area contributed by atoms with Gasteiger partial charge in [0.15, 0.2) is 21.4 Å². The zero-order chi connectivity index (χ0) is 22.9. The van der Waals surface area contributed by atoms with E-state index in [2.05, 4.69) is 4.90 Å². The van der Waals surface area contributed by atoms with Crippen molar-refractivity contribution in [1.82, 2.24) is 9.80 Å². The maximum atomic E-state index is 14.2. The molecule has 0 aromatic heterocycles. The lowest BCUT2D eigenvalue weighted by Gasteiger charge is -2.41. The van der Waals surface area contributed by atoms with Crippen molar-refractivity contribution in [1.29, 1.82) is 0 Å². The molecule has 7 nitrogen and oxygen atoms in total. The third-order valence-electron chi connectivity index (χ3n) is 7.00. The first-order valence-electron chi connectivity index (χ1n) is 11.5. The van der Waals surface area contributed by atoms with Crippen LogP contribution in [-0.4, -0.2) is 75.0 Å². The van der Waals surface area contributed by atoms with E-state index in [4.69, 9.17) is 9.47 Å². The van der Waals surface area contributed by atoms with E-state index in [-0.39, 0.29) is 22.3 Å². The molecule has 9 heteroatoms. The van der Waals surface area contributed by atoms with Crippen LogP contribution in [0.5, 0.6) is 5.75 Å². The molecule has 32 heavy (non-hydrogen) atoms.